The topological polar surface area (TPSA) is 82.2 Å². The van der Waals surface area contributed by atoms with Gasteiger partial charge in [0.25, 0.3) is 0 Å². The van der Waals surface area contributed by atoms with Crippen LogP contribution in [0.15, 0.2) is 18.2 Å². The Bertz CT molecular complexity index is 990. The molecule has 0 saturated heterocycles. The van der Waals surface area contributed by atoms with Crippen LogP contribution in [-0.4, -0.2) is 42.7 Å². The number of carbonyl (C=O) groups excluding carboxylic acids is 1. The van der Waals surface area contributed by atoms with Gasteiger partial charge in [-0.25, -0.2) is 9.78 Å². The second-order valence-corrected chi connectivity index (χ2v) is 10.3. The first-order chi connectivity index (χ1) is 17.0. The van der Waals surface area contributed by atoms with E-state index in [1.807, 2.05) is 0 Å². The summed E-state index contributed by atoms with van der Waals surface area (Å²) in [7, 11) is 4.14. The third-order valence-corrected chi connectivity index (χ3v) is 7.55. The second kappa shape index (κ2) is 11.7. The fourth-order valence-electron chi connectivity index (χ4n) is 5.50. The van der Waals surface area contributed by atoms with Gasteiger partial charge in [0.05, 0.1) is 5.69 Å². The molecule has 190 valence electrons. The molecule has 2 aliphatic carbocycles. The van der Waals surface area contributed by atoms with Crippen molar-refractivity contribution in [2.45, 2.75) is 84.1 Å². The van der Waals surface area contributed by atoms with Crippen molar-refractivity contribution in [3.8, 4) is 0 Å². The highest BCUT2D eigenvalue weighted by molar-refractivity contribution is 5.91. The van der Waals surface area contributed by atoms with Crippen molar-refractivity contribution in [1.29, 1.82) is 0 Å². The molecule has 3 N–H and O–H groups in total. The summed E-state index contributed by atoms with van der Waals surface area (Å²) in [5, 5.41) is 9.86. The molecule has 1 saturated carbocycles. The van der Waals surface area contributed by atoms with Gasteiger partial charge >= 0.3 is 6.03 Å². The standard InChI is InChI=1S/C28H42N6O/c1-5-20-10-9-11-21(6-2)25(20)32-28(35)29-18-19-14-16-22(17-15-19)30-27-31-24-13-8-7-12-23(24)26(33-27)34(3)4/h9-11,19,22H,5-8,12-18H2,1-4H3,(H2,29,32,35)(H,30,31,33)/t19-,22+. The maximum atomic E-state index is 12.6. The van der Waals surface area contributed by atoms with Crippen molar-refractivity contribution >= 4 is 23.5 Å². The molecule has 0 radical (unpaired) electrons. The lowest BCUT2D eigenvalue weighted by Crippen LogP contribution is -2.36. The zero-order valence-electron chi connectivity index (χ0n) is 21.9. The summed E-state index contributed by atoms with van der Waals surface area (Å²) in [4.78, 5) is 24.5. The Morgan fingerprint density at radius 2 is 1.69 bits per heavy atom. The van der Waals surface area contributed by atoms with Gasteiger partial charge in [0, 0.05) is 37.9 Å². The number of fused-ring (bicyclic) bond motifs is 1. The van der Waals surface area contributed by atoms with Crippen LogP contribution in [0.4, 0.5) is 22.2 Å². The first kappa shape index (κ1) is 25.3. The first-order valence-electron chi connectivity index (χ1n) is 13.5. The van der Waals surface area contributed by atoms with Crippen LogP contribution >= 0.6 is 0 Å². The Hall–Kier alpha value is -2.83. The van der Waals surface area contributed by atoms with Crippen LogP contribution < -0.4 is 20.9 Å². The van der Waals surface area contributed by atoms with Crippen molar-refractivity contribution < 1.29 is 4.79 Å². The number of aryl methyl sites for hydroxylation is 3. The van der Waals surface area contributed by atoms with Crippen LogP contribution in [0.3, 0.4) is 0 Å². The van der Waals surface area contributed by atoms with Gasteiger partial charge in [-0.05, 0) is 81.3 Å². The maximum Gasteiger partial charge on any atom is 0.319 e. The highest BCUT2D eigenvalue weighted by Crippen LogP contribution is 2.30. The number of aromatic nitrogens is 2. The molecule has 2 amide bonds. The number of para-hydroxylation sites is 1. The van der Waals surface area contributed by atoms with E-state index in [9.17, 15) is 4.79 Å². The number of nitrogens with zero attached hydrogens (tertiary/aromatic N) is 3. The van der Waals surface area contributed by atoms with Crippen LogP contribution in [0.1, 0.15) is 74.8 Å². The summed E-state index contributed by atoms with van der Waals surface area (Å²) < 4.78 is 0. The zero-order chi connectivity index (χ0) is 24.8. The molecule has 7 heteroatoms. The van der Waals surface area contributed by atoms with E-state index in [0.717, 1.165) is 68.8 Å². The highest BCUT2D eigenvalue weighted by Gasteiger charge is 2.24. The molecule has 7 nitrogen and oxygen atoms in total. The van der Waals surface area contributed by atoms with Gasteiger partial charge in [0.1, 0.15) is 5.82 Å². The summed E-state index contributed by atoms with van der Waals surface area (Å²) in [5.41, 5.74) is 5.90. The number of urea groups is 1. The lowest BCUT2D eigenvalue weighted by atomic mass is 9.86. The van der Waals surface area contributed by atoms with Gasteiger partial charge in [-0.15, -0.1) is 0 Å². The van der Waals surface area contributed by atoms with Crippen LogP contribution in [0.25, 0.3) is 0 Å². The second-order valence-electron chi connectivity index (χ2n) is 10.3. The van der Waals surface area contributed by atoms with Gasteiger partial charge in [0.2, 0.25) is 5.95 Å². The van der Waals surface area contributed by atoms with E-state index in [1.54, 1.807) is 0 Å². The van der Waals surface area contributed by atoms with Crippen LogP contribution in [-0.2, 0) is 25.7 Å². The third-order valence-electron chi connectivity index (χ3n) is 7.55. The summed E-state index contributed by atoms with van der Waals surface area (Å²) in [5.74, 6) is 2.35. The number of nitrogens with one attached hydrogen (secondary N) is 3. The van der Waals surface area contributed by atoms with Crippen LogP contribution in [0, 0.1) is 5.92 Å². The maximum absolute atomic E-state index is 12.6. The minimum atomic E-state index is -0.0977. The van der Waals surface area contributed by atoms with Gasteiger partial charge in [-0.1, -0.05) is 32.0 Å². The number of hydrogen-bond acceptors (Lipinski definition) is 5. The van der Waals surface area contributed by atoms with E-state index in [0.29, 0.717) is 18.5 Å². The molecule has 1 heterocycles. The number of anilines is 3. The average Bonchev–Trinajstić information content (AvgIpc) is 2.87. The summed E-state index contributed by atoms with van der Waals surface area (Å²) >= 11 is 0. The molecular formula is C28H42N6O. The van der Waals surface area contributed by atoms with Crippen molar-refractivity contribution in [3.05, 3.63) is 40.6 Å². The fourth-order valence-corrected chi connectivity index (χ4v) is 5.50. The van der Waals surface area contributed by atoms with Crippen molar-refractivity contribution in [1.82, 2.24) is 15.3 Å². The molecule has 1 fully saturated rings. The van der Waals surface area contributed by atoms with Crippen molar-refractivity contribution in [3.63, 3.8) is 0 Å². The van der Waals surface area contributed by atoms with Gasteiger partial charge in [-0.2, -0.15) is 4.98 Å². The Kier molecular flexibility index (Phi) is 8.47. The van der Waals surface area contributed by atoms with Gasteiger partial charge in [0.15, 0.2) is 0 Å². The number of amides is 2. The lowest BCUT2D eigenvalue weighted by molar-refractivity contribution is 0.246. The molecule has 0 bridgehead atoms. The molecule has 0 spiro atoms. The molecule has 1 aromatic carbocycles. The van der Waals surface area contributed by atoms with Crippen molar-refractivity contribution in [2.75, 3.05) is 36.2 Å². The SMILES string of the molecule is CCc1cccc(CC)c1NC(=O)NC[C@H]1CC[C@@H](Nc2nc3c(c(N(C)C)n2)CCCC3)CC1. The normalized spacial score (nSPS) is 19.5. The molecule has 0 atom stereocenters. The van der Waals surface area contributed by atoms with Gasteiger partial charge < -0.3 is 20.9 Å². The van der Waals surface area contributed by atoms with Crippen molar-refractivity contribution in [2.24, 2.45) is 5.92 Å². The monoisotopic (exact) mass is 478 g/mol. The largest absolute Gasteiger partial charge is 0.362 e. The zero-order valence-corrected chi connectivity index (χ0v) is 21.9. The molecule has 0 aliphatic heterocycles. The van der Waals surface area contributed by atoms with E-state index < -0.39 is 0 Å². The van der Waals surface area contributed by atoms with E-state index in [2.05, 4.69) is 67.0 Å². The predicted molar refractivity (Wildman–Crippen MR) is 145 cm³/mol. The van der Waals surface area contributed by atoms with E-state index in [1.165, 1.54) is 35.2 Å². The predicted octanol–water partition coefficient (Wildman–Crippen LogP) is 5.34. The van der Waals surface area contributed by atoms with Gasteiger partial charge in [-0.3, -0.25) is 0 Å². The number of benzene rings is 1. The molecule has 4 rings (SSSR count). The molecule has 35 heavy (non-hydrogen) atoms. The van der Waals surface area contributed by atoms with Crippen LogP contribution in [0.2, 0.25) is 0 Å². The Morgan fingerprint density at radius 1 is 1.00 bits per heavy atom. The first-order valence-corrected chi connectivity index (χ1v) is 13.5. The lowest BCUT2D eigenvalue weighted by Gasteiger charge is -2.30. The molecule has 1 aromatic heterocycles. The Labute approximate surface area is 210 Å². The highest BCUT2D eigenvalue weighted by atomic mass is 16.2. The smallest absolute Gasteiger partial charge is 0.319 e. The third kappa shape index (κ3) is 6.24. The Balaban J connectivity index is 1.27. The average molecular weight is 479 g/mol. The molecule has 2 aliphatic rings. The van der Waals surface area contributed by atoms with Crippen LogP contribution in [0.5, 0.6) is 0 Å². The van der Waals surface area contributed by atoms with E-state index >= 15 is 0 Å². The summed E-state index contributed by atoms with van der Waals surface area (Å²) in [6.07, 6.45) is 10.7. The summed E-state index contributed by atoms with van der Waals surface area (Å²) in [6.45, 7) is 4.97. The van der Waals surface area contributed by atoms with E-state index in [-0.39, 0.29) is 6.03 Å². The minimum absolute atomic E-state index is 0.0977. The number of hydrogen-bond donors (Lipinski definition) is 3. The summed E-state index contributed by atoms with van der Waals surface area (Å²) in [6, 6.07) is 6.55. The molecule has 0 unspecified atom stereocenters. The molecular weight excluding hydrogens is 436 g/mol. The Morgan fingerprint density at radius 3 is 2.34 bits per heavy atom. The fraction of sp³-hybridized carbons (Fsp3) is 0.607. The number of rotatable bonds is 8. The van der Waals surface area contributed by atoms with E-state index in [4.69, 9.17) is 9.97 Å². The number of carbonyl (C=O) groups is 1. The quantitative estimate of drug-likeness (QED) is 0.477. The minimum Gasteiger partial charge on any atom is -0.362 e. The molecule has 2 aromatic rings.